The standard InChI is InChI=1S/C20H22FNO2S/c21-17-3-7-19(8-4-17)25-14-11-20(24)22-12-9-16(10-13-22)15-1-5-18(23)6-2-15/h1-8,16,23H,9-14H2. The van der Waals surface area contributed by atoms with Gasteiger partial charge in [-0.1, -0.05) is 12.1 Å². The Morgan fingerprint density at radius 2 is 1.72 bits per heavy atom. The predicted octanol–water partition coefficient (Wildman–Crippen LogP) is 4.42. The highest BCUT2D eigenvalue weighted by atomic mass is 32.2. The van der Waals surface area contributed by atoms with Crippen molar-refractivity contribution < 1.29 is 14.3 Å². The summed E-state index contributed by atoms with van der Waals surface area (Å²) >= 11 is 1.58. The summed E-state index contributed by atoms with van der Waals surface area (Å²) < 4.78 is 12.9. The molecule has 0 saturated carbocycles. The summed E-state index contributed by atoms with van der Waals surface area (Å²) in [7, 11) is 0. The van der Waals surface area contributed by atoms with Gasteiger partial charge in [0.15, 0.2) is 0 Å². The lowest BCUT2D eigenvalue weighted by Gasteiger charge is -2.32. The Hall–Kier alpha value is -2.01. The largest absolute Gasteiger partial charge is 0.508 e. The van der Waals surface area contributed by atoms with E-state index in [1.54, 1.807) is 36.0 Å². The van der Waals surface area contributed by atoms with Gasteiger partial charge in [0.25, 0.3) is 0 Å². The number of benzene rings is 2. The highest BCUT2D eigenvalue weighted by Gasteiger charge is 2.23. The molecule has 0 radical (unpaired) electrons. The molecule has 0 spiro atoms. The molecule has 0 atom stereocenters. The van der Waals surface area contributed by atoms with Crippen LogP contribution in [0.3, 0.4) is 0 Å². The van der Waals surface area contributed by atoms with Gasteiger partial charge < -0.3 is 10.0 Å². The lowest BCUT2D eigenvalue weighted by atomic mass is 9.89. The van der Waals surface area contributed by atoms with Crippen molar-refractivity contribution >= 4 is 17.7 Å². The number of likely N-dealkylation sites (tertiary alicyclic amines) is 1. The number of aromatic hydroxyl groups is 1. The molecule has 0 aliphatic carbocycles. The highest BCUT2D eigenvalue weighted by Crippen LogP contribution is 2.29. The molecule has 3 nitrogen and oxygen atoms in total. The number of rotatable bonds is 5. The minimum Gasteiger partial charge on any atom is -0.508 e. The zero-order valence-corrected chi connectivity index (χ0v) is 14.8. The Kier molecular flexibility index (Phi) is 5.97. The first-order valence-corrected chi connectivity index (χ1v) is 9.55. The maximum Gasteiger partial charge on any atom is 0.223 e. The lowest BCUT2D eigenvalue weighted by Crippen LogP contribution is -2.38. The van der Waals surface area contributed by atoms with Crippen LogP contribution in [0.2, 0.25) is 0 Å². The number of phenolic OH excluding ortho intramolecular Hbond substituents is 1. The van der Waals surface area contributed by atoms with Crippen molar-refractivity contribution in [2.45, 2.75) is 30.1 Å². The van der Waals surface area contributed by atoms with Crippen molar-refractivity contribution in [3.63, 3.8) is 0 Å². The molecule has 25 heavy (non-hydrogen) atoms. The molecule has 1 saturated heterocycles. The topological polar surface area (TPSA) is 40.5 Å². The van der Waals surface area contributed by atoms with Gasteiger partial charge in [-0.2, -0.15) is 0 Å². The van der Waals surface area contributed by atoms with E-state index in [1.165, 1.54) is 17.7 Å². The Bertz CT molecular complexity index is 695. The molecule has 132 valence electrons. The zero-order chi connectivity index (χ0) is 17.6. The Morgan fingerprint density at radius 1 is 1.08 bits per heavy atom. The monoisotopic (exact) mass is 359 g/mol. The smallest absolute Gasteiger partial charge is 0.223 e. The third-order valence-corrected chi connectivity index (χ3v) is 5.62. The second kappa shape index (κ2) is 8.39. The van der Waals surface area contributed by atoms with Crippen LogP contribution >= 0.6 is 11.8 Å². The number of nitrogens with zero attached hydrogens (tertiary/aromatic N) is 1. The molecule has 2 aromatic rings. The number of carbonyl (C=O) groups excluding carboxylic acids is 1. The van der Waals surface area contributed by atoms with Crippen molar-refractivity contribution in [3.8, 4) is 5.75 Å². The Balaban J connectivity index is 1.42. The van der Waals surface area contributed by atoms with Crippen LogP contribution in [0.1, 0.15) is 30.7 Å². The Morgan fingerprint density at radius 3 is 2.36 bits per heavy atom. The second-order valence-corrected chi connectivity index (χ2v) is 7.47. The van der Waals surface area contributed by atoms with Gasteiger partial charge in [0.05, 0.1) is 0 Å². The number of carbonyl (C=O) groups is 1. The number of halogens is 1. The summed E-state index contributed by atoms with van der Waals surface area (Å²) in [5.74, 6) is 1.41. The normalized spacial score (nSPS) is 15.3. The maximum atomic E-state index is 12.9. The van der Waals surface area contributed by atoms with Crippen LogP contribution in [0.4, 0.5) is 4.39 Å². The highest BCUT2D eigenvalue weighted by molar-refractivity contribution is 7.99. The van der Waals surface area contributed by atoms with Gasteiger partial charge in [-0.05, 0) is 60.7 Å². The summed E-state index contributed by atoms with van der Waals surface area (Å²) in [6.45, 7) is 1.57. The molecular formula is C20H22FNO2S. The average molecular weight is 359 g/mol. The molecular weight excluding hydrogens is 337 g/mol. The van der Waals surface area contributed by atoms with Gasteiger partial charge in [0.1, 0.15) is 11.6 Å². The average Bonchev–Trinajstić information content (AvgIpc) is 2.64. The van der Waals surface area contributed by atoms with Crippen LogP contribution in [-0.2, 0) is 4.79 Å². The van der Waals surface area contributed by atoms with Gasteiger partial charge in [0.2, 0.25) is 5.91 Å². The predicted molar refractivity (Wildman–Crippen MR) is 98.4 cm³/mol. The number of piperidine rings is 1. The van der Waals surface area contributed by atoms with Crippen LogP contribution in [0.25, 0.3) is 0 Å². The van der Waals surface area contributed by atoms with Crippen molar-refractivity contribution in [1.29, 1.82) is 0 Å². The lowest BCUT2D eigenvalue weighted by molar-refractivity contribution is -0.131. The summed E-state index contributed by atoms with van der Waals surface area (Å²) in [6.07, 6.45) is 2.43. The SMILES string of the molecule is O=C(CCSc1ccc(F)cc1)N1CCC(c2ccc(O)cc2)CC1. The first-order chi connectivity index (χ1) is 12.1. The summed E-state index contributed by atoms with van der Waals surface area (Å²) in [6, 6.07) is 13.8. The van der Waals surface area contributed by atoms with E-state index in [0.717, 1.165) is 30.8 Å². The molecule has 1 fully saturated rings. The van der Waals surface area contributed by atoms with Crippen LogP contribution in [0.5, 0.6) is 5.75 Å². The van der Waals surface area contributed by atoms with E-state index in [-0.39, 0.29) is 17.5 Å². The van der Waals surface area contributed by atoms with E-state index in [9.17, 15) is 14.3 Å². The molecule has 0 bridgehead atoms. The van der Waals surface area contributed by atoms with E-state index >= 15 is 0 Å². The first-order valence-electron chi connectivity index (χ1n) is 8.57. The number of hydrogen-bond acceptors (Lipinski definition) is 3. The van der Waals surface area contributed by atoms with Gasteiger partial charge in [-0.25, -0.2) is 4.39 Å². The minimum absolute atomic E-state index is 0.193. The number of phenols is 1. The molecule has 0 unspecified atom stereocenters. The molecule has 2 aromatic carbocycles. The Labute approximate surface area is 151 Å². The molecule has 1 heterocycles. The van der Waals surface area contributed by atoms with Crippen molar-refractivity contribution in [1.82, 2.24) is 4.90 Å². The number of hydrogen-bond donors (Lipinski definition) is 1. The zero-order valence-electron chi connectivity index (χ0n) is 14.0. The van der Waals surface area contributed by atoms with Crippen molar-refractivity contribution in [2.24, 2.45) is 0 Å². The van der Waals surface area contributed by atoms with Crippen LogP contribution in [0.15, 0.2) is 53.4 Å². The van der Waals surface area contributed by atoms with Gasteiger partial charge in [0, 0.05) is 30.2 Å². The minimum atomic E-state index is -0.239. The number of thioether (sulfide) groups is 1. The van der Waals surface area contributed by atoms with E-state index in [0.29, 0.717) is 18.1 Å². The van der Waals surface area contributed by atoms with Crippen LogP contribution in [0, 0.1) is 5.82 Å². The fourth-order valence-corrected chi connectivity index (χ4v) is 3.99. The van der Waals surface area contributed by atoms with Gasteiger partial charge >= 0.3 is 0 Å². The molecule has 1 aliphatic rings. The molecule has 3 rings (SSSR count). The van der Waals surface area contributed by atoms with E-state index in [4.69, 9.17) is 0 Å². The van der Waals surface area contributed by atoms with E-state index in [1.807, 2.05) is 17.0 Å². The third-order valence-electron chi connectivity index (χ3n) is 4.61. The number of amides is 1. The van der Waals surface area contributed by atoms with Gasteiger partial charge in [-0.3, -0.25) is 4.79 Å². The van der Waals surface area contributed by atoms with E-state index < -0.39 is 0 Å². The second-order valence-electron chi connectivity index (χ2n) is 6.30. The molecule has 1 amide bonds. The molecule has 0 aromatic heterocycles. The summed E-state index contributed by atoms with van der Waals surface area (Å²) in [4.78, 5) is 15.3. The fourth-order valence-electron chi connectivity index (χ4n) is 3.15. The van der Waals surface area contributed by atoms with Crippen LogP contribution < -0.4 is 0 Å². The maximum absolute atomic E-state index is 12.9. The van der Waals surface area contributed by atoms with Crippen LogP contribution in [-0.4, -0.2) is 34.8 Å². The quantitative estimate of drug-likeness (QED) is 0.804. The van der Waals surface area contributed by atoms with Crippen molar-refractivity contribution in [2.75, 3.05) is 18.8 Å². The fraction of sp³-hybridized carbons (Fsp3) is 0.350. The molecule has 1 aliphatic heterocycles. The van der Waals surface area contributed by atoms with E-state index in [2.05, 4.69) is 0 Å². The summed E-state index contributed by atoms with van der Waals surface area (Å²) in [5.41, 5.74) is 1.23. The summed E-state index contributed by atoms with van der Waals surface area (Å²) in [5, 5.41) is 9.37. The molecule has 5 heteroatoms. The molecule has 1 N–H and O–H groups in total. The van der Waals surface area contributed by atoms with Gasteiger partial charge in [-0.15, -0.1) is 11.8 Å². The van der Waals surface area contributed by atoms with Crippen molar-refractivity contribution in [3.05, 3.63) is 59.9 Å². The third kappa shape index (κ3) is 4.98. The first kappa shape index (κ1) is 17.8.